The second-order valence-corrected chi connectivity index (χ2v) is 6.64. The zero-order valence-corrected chi connectivity index (χ0v) is 13.0. The summed E-state index contributed by atoms with van der Waals surface area (Å²) in [5.74, 6) is -0.411. The van der Waals surface area contributed by atoms with Crippen LogP contribution >= 0.6 is 0 Å². The smallest absolute Gasteiger partial charge is 0.414 e. The third kappa shape index (κ3) is 3.35. The van der Waals surface area contributed by atoms with Gasteiger partial charge < -0.3 is 19.2 Å². The summed E-state index contributed by atoms with van der Waals surface area (Å²) in [4.78, 5) is 48.1. The number of ether oxygens (including phenoxy) is 2. The number of amides is 1. The second kappa shape index (κ2) is 5.79. The molecule has 0 aromatic heterocycles. The van der Waals surface area contributed by atoms with Gasteiger partial charge in [0.25, 0.3) is 0 Å². The van der Waals surface area contributed by atoms with E-state index in [0.717, 1.165) is 0 Å². The molecule has 22 heavy (non-hydrogen) atoms. The van der Waals surface area contributed by atoms with Crippen LogP contribution in [0.25, 0.3) is 0 Å². The molecule has 2 fully saturated rings. The Kier molecular flexibility index (Phi) is 4.37. The Labute approximate surface area is 128 Å². The monoisotopic (exact) mass is 310 g/mol. The lowest BCUT2D eigenvalue weighted by Gasteiger charge is -2.43. The highest BCUT2D eigenvalue weighted by Crippen LogP contribution is 2.32. The first kappa shape index (κ1) is 16.6. The van der Waals surface area contributed by atoms with E-state index in [2.05, 4.69) is 5.09 Å². The molecule has 8 nitrogen and oxygen atoms in total. The minimum atomic E-state index is -1.33. The Hall–Kier alpha value is -1.77. The molecule has 2 saturated heterocycles. The van der Waals surface area contributed by atoms with E-state index < -0.39 is 42.0 Å². The topological polar surface area (TPSA) is 102 Å². The lowest BCUT2D eigenvalue weighted by atomic mass is 9.47. The molecule has 2 rings (SSSR count). The largest absolute Gasteiger partial charge is 0.444 e. The van der Waals surface area contributed by atoms with Crippen molar-refractivity contribution in [2.45, 2.75) is 44.7 Å². The van der Waals surface area contributed by atoms with Gasteiger partial charge in [-0.3, -0.25) is 4.79 Å². The zero-order valence-electron chi connectivity index (χ0n) is 13.0. The zero-order chi connectivity index (χ0) is 16.5. The van der Waals surface area contributed by atoms with E-state index in [0.29, 0.717) is 0 Å². The van der Waals surface area contributed by atoms with E-state index in [1.54, 1.807) is 20.8 Å². The third-order valence-electron chi connectivity index (χ3n) is 3.70. The minimum Gasteiger partial charge on any atom is -0.444 e. The molecule has 1 amide bonds. The van der Waals surface area contributed by atoms with Gasteiger partial charge in [0.2, 0.25) is 0 Å². The van der Waals surface area contributed by atoms with Gasteiger partial charge in [0.1, 0.15) is 16.9 Å². The molecular formula is C13H19BN2O6. The van der Waals surface area contributed by atoms with Crippen molar-refractivity contribution >= 4 is 24.4 Å². The Balaban J connectivity index is 2.15. The number of morpholine rings is 1. The fraction of sp³-hybridized carbons (Fsp3) is 0.769. The van der Waals surface area contributed by atoms with Gasteiger partial charge in [0.05, 0.1) is 19.6 Å². The summed E-state index contributed by atoms with van der Waals surface area (Å²) in [7, 11) is 0. The molecule has 1 atom stereocenters. The van der Waals surface area contributed by atoms with Crippen LogP contribution in [0.3, 0.4) is 0 Å². The maximum absolute atomic E-state index is 12.2. The van der Waals surface area contributed by atoms with Crippen LogP contribution in [0.2, 0.25) is 6.32 Å². The minimum absolute atomic E-state index is 0.0277. The van der Waals surface area contributed by atoms with E-state index >= 15 is 0 Å². The predicted octanol–water partition coefficient (Wildman–Crippen LogP) is 0.831. The Morgan fingerprint density at radius 2 is 2.09 bits per heavy atom. The molecule has 1 unspecified atom stereocenters. The number of nitrogens with zero attached hydrogens (tertiary/aromatic N) is 2. The van der Waals surface area contributed by atoms with Crippen molar-refractivity contribution in [1.29, 1.82) is 0 Å². The Bertz CT molecular complexity index is 517. The van der Waals surface area contributed by atoms with Gasteiger partial charge in [-0.2, -0.15) is 4.91 Å². The summed E-state index contributed by atoms with van der Waals surface area (Å²) in [6.07, 6.45) is -1.05. The van der Waals surface area contributed by atoms with Crippen molar-refractivity contribution in [1.82, 2.24) is 4.90 Å². The summed E-state index contributed by atoms with van der Waals surface area (Å²) < 4.78 is 10.8. The summed E-state index contributed by atoms with van der Waals surface area (Å²) in [6.45, 7) is 4.55. The molecule has 0 aromatic rings. The molecule has 9 heteroatoms. The quantitative estimate of drug-likeness (QED) is 0.404. The fourth-order valence-electron chi connectivity index (χ4n) is 2.63. The van der Waals surface area contributed by atoms with Gasteiger partial charge in [-0.25, -0.2) is 4.79 Å². The molecular weight excluding hydrogens is 291 g/mol. The Morgan fingerprint density at radius 1 is 1.41 bits per heavy atom. The maximum atomic E-state index is 12.2. The average Bonchev–Trinajstić information content (AvgIpc) is 2.41. The fourth-order valence-corrected chi connectivity index (χ4v) is 2.63. The lowest BCUT2D eigenvalue weighted by Crippen LogP contribution is -2.62. The third-order valence-corrected chi connectivity index (χ3v) is 3.70. The van der Waals surface area contributed by atoms with Crippen LogP contribution in [0, 0.1) is 4.91 Å². The maximum Gasteiger partial charge on any atom is 0.414 e. The molecule has 2 aliphatic rings. The van der Waals surface area contributed by atoms with Crippen LogP contribution in [0.1, 0.15) is 27.2 Å². The first-order valence-electron chi connectivity index (χ1n) is 7.17. The van der Waals surface area contributed by atoms with E-state index in [-0.39, 0.29) is 26.0 Å². The van der Waals surface area contributed by atoms with Crippen molar-refractivity contribution < 1.29 is 23.9 Å². The van der Waals surface area contributed by atoms with Gasteiger partial charge in [0, 0.05) is 6.54 Å². The Morgan fingerprint density at radius 3 is 2.68 bits per heavy atom. The highest BCUT2D eigenvalue weighted by Gasteiger charge is 2.54. The average molecular weight is 310 g/mol. The summed E-state index contributed by atoms with van der Waals surface area (Å²) in [5, 5.41) is 2.78. The number of hydrogen-bond acceptors (Lipinski definition) is 7. The number of carbonyl (C=O) groups is 3. The lowest BCUT2D eigenvalue weighted by molar-refractivity contribution is -0.155. The first-order valence-corrected chi connectivity index (χ1v) is 7.17. The molecule has 0 aromatic carbocycles. The van der Waals surface area contributed by atoms with Crippen molar-refractivity contribution in [3.63, 3.8) is 0 Å². The molecule has 1 spiro atoms. The SMILES string of the molecule is CC(C)(C)OC(=O)N1CCOC2(CB(N=O)C(=O)CC2=O)C1. The van der Waals surface area contributed by atoms with E-state index in [9.17, 15) is 19.3 Å². The molecule has 0 radical (unpaired) electrons. The van der Waals surface area contributed by atoms with E-state index in [1.165, 1.54) is 4.90 Å². The number of carbonyl (C=O) groups excluding carboxylic acids is 3. The molecule has 0 bridgehead atoms. The van der Waals surface area contributed by atoms with Crippen LogP contribution in [0.15, 0.2) is 5.09 Å². The van der Waals surface area contributed by atoms with E-state index in [4.69, 9.17) is 9.47 Å². The van der Waals surface area contributed by atoms with Crippen LogP contribution < -0.4 is 0 Å². The van der Waals surface area contributed by atoms with Gasteiger partial charge in [-0.1, -0.05) is 0 Å². The highest BCUT2D eigenvalue weighted by molar-refractivity contribution is 6.90. The van der Waals surface area contributed by atoms with Crippen LogP contribution in [0.4, 0.5) is 4.79 Å². The molecule has 0 N–H and O–H groups in total. The van der Waals surface area contributed by atoms with Crippen molar-refractivity contribution in [2.24, 2.45) is 5.09 Å². The molecule has 2 heterocycles. The number of hydrogen-bond donors (Lipinski definition) is 0. The normalized spacial score (nSPS) is 26.3. The van der Waals surface area contributed by atoms with Crippen LogP contribution in [0.5, 0.6) is 0 Å². The molecule has 2 aliphatic heterocycles. The van der Waals surface area contributed by atoms with E-state index in [1.807, 2.05) is 0 Å². The number of ketones is 1. The number of Topliss-reactive ketones (excluding diaryl/α,β-unsaturated/α-hetero) is 1. The molecule has 120 valence electrons. The predicted molar refractivity (Wildman–Crippen MR) is 77.5 cm³/mol. The van der Waals surface area contributed by atoms with Crippen molar-refractivity contribution in [3.8, 4) is 0 Å². The van der Waals surface area contributed by atoms with Crippen molar-refractivity contribution in [3.05, 3.63) is 4.91 Å². The van der Waals surface area contributed by atoms with Crippen LogP contribution in [-0.2, 0) is 19.1 Å². The summed E-state index contributed by atoms with van der Waals surface area (Å²) in [6, 6.07) is 0. The number of nitroso groups, excluding NO2 is 1. The van der Waals surface area contributed by atoms with Gasteiger partial charge in [-0.15, -0.1) is 5.09 Å². The molecule has 0 aliphatic carbocycles. The molecule has 0 saturated carbocycles. The summed E-state index contributed by atoms with van der Waals surface area (Å²) >= 11 is 0. The second-order valence-electron chi connectivity index (χ2n) is 6.64. The van der Waals surface area contributed by atoms with Crippen molar-refractivity contribution in [2.75, 3.05) is 19.7 Å². The van der Waals surface area contributed by atoms with Gasteiger partial charge in [-0.05, 0) is 27.1 Å². The standard InChI is InChI=1S/C13H19BN2O6/c1-12(2,3)22-11(19)16-4-5-21-13(8-16)7-14(15-20)10(18)6-9(13)17/h4-8H2,1-3H3. The van der Waals surface area contributed by atoms with Gasteiger partial charge >= 0.3 is 12.9 Å². The van der Waals surface area contributed by atoms with Crippen LogP contribution in [-0.4, -0.2) is 60.2 Å². The number of rotatable bonds is 1. The highest BCUT2D eigenvalue weighted by atomic mass is 16.6. The first-order chi connectivity index (χ1) is 10.2. The summed E-state index contributed by atoms with van der Waals surface area (Å²) in [5.41, 5.74) is -2.48. The van der Waals surface area contributed by atoms with Gasteiger partial charge in [0.15, 0.2) is 5.78 Å².